The van der Waals surface area contributed by atoms with Crippen LogP contribution in [0.1, 0.15) is 203 Å². The summed E-state index contributed by atoms with van der Waals surface area (Å²) < 4.78 is 76.8. The van der Waals surface area contributed by atoms with Crippen LogP contribution in [0.5, 0.6) is 0 Å². The van der Waals surface area contributed by atoms with Crippen molar-refractivity contribution in [3.05, 3.63) is 0 Å². The van der Waals surface area contributed by atoms with E-state index >= 15 is 0 Å². The lowest BCUT2D eigenvalue weighted by atomic mass is 9.73. The highest BCUT2D eigenvalue weighted by Gasteiger charge is 2.57. The minimum atomic E-state index is -2.10. The molecule has 0 bridgehead atoms. The van der Waals surface area contributed by atoms with E-state index in [0.29, 0.717) is 25.7 Å². The normalized spacial score (nSPS) is 48.5. The van der Waals surface area contributed by atoms with Crippen molar-refractivity contribution >= 4 is 23.4 Å². The number of carbonyl (C=O) groups is 2. The molecule has 0 aromatic heterocycles. The number of cyclic esters (lactones) is 2. The Morgan fingerprint density at radius 1 is 0.463 bits per heavy atom. The minimum Gasteiger partial charge on any atom is -0.459 e. The van der Waals surface area contributed by atoms with Gasteiger partial charge in [0.2, 0.25) is 0 Å². The molecule has 108 heavy (non-hydrogen) atoms. The second-order valence-electron chi connectivity index (χ2n) is 34.5. The van der Waals surface area contributed by atoms with Gasteiger partial charge in [0.15, 0.2) is 25.2 Å². The molecule has 10 N–H and O–H groups in total. The number of unbranched alkanes of at least 4 members (excludes halogenated alkanes) is 1. The smallest absolute Gasteiger partial charge is 0.311 e. The molecule has 30 heteroatoms. The molecule has 6 heterocycles. The molecule has 6 rings (SSSR count). The first-order chi connectivity index (χ1) is 50.0. The summed E-state index contributed by atoms with van der Waals surface area (Å²) in [7, 11) is 10.3. The van der Waals surface area contributed by atoms with E-state index in [4.69, 9.17) is 66.5 Å². The van der Waals surface area contributed by atoms with Gasteiger partial charge in [-0.2, -0.15) is 0 Å². The molecule has 36 atom stereocenters. The van der Waals surface area contributed by atoms with Gasteiger partial charge in [-0.25, -0.2) is 0 Å². The van der Waals surface area contributed by atoms with E-state index in [1.165, 1.54) is 28.1 Å². The van der Waals surface area contributed by atoms with Crippen molar-refractivity contribution in [1.29, 1.82) is 0 Å². The molecule has 6 saturated heterocycles. The first-order valence-corrected chi connectivity index (χ1v) is 39.5. The fraction of sp³-hybridized carbons (Fsp3) is 0.949. The molecule has 6 aliphatic rings. The Balaban J connectivity index is 1.33. The lowest BCUT2D eigenvalue weighted by molar-refractivity contribution is -0.318. The highest BCUT2D eigenvalue weighted by Crippen LogP contribution is 2.45. The second-order valence-corrected chi connectivity index (χ2v) is 34.5. The van der Waals surface area contributed by atoms with Crippen LogP contribution in [0.4, 0.5) is 0 Å². The van der Waals surface area contributed by atoms with Crippen LogP contribution in [-0.4, -0.2) is 308 Å². The predicted octanol–water partition coefficient (Wildman–Crippen LogP) is 4.97. The molecule has 0 amide bonds. The van der Waals surface area contributed by atoms with Gasteiger partial charge in [0.25, 0.3) is 0 Å². The van der Waals surface area contributed by atoms with Crippen LogP contribution in [0.2, 0.25) is 0 Å². The minimum absolute atomic E-state index is 0.0198. The monoisotopic (exact) mass is 1550 g/mol. The van der Waals surface area contributed by atoms with Gasteiger partial charge in [-0.3, -0.25) is 9.59 Å². The number of ether oxygens (including phenoxy) is 12. The summed E-state index contributed by atoms with van der Waals surface area (Å²) in [6, 6.07) is -0.818. The van der Waals surface area contributed by atoms with Crippen molar-refractivity contribution < 1.29 is 127 Å². The number of hydrogen-bond acceptors (Lipinski definition) is 30. The maximum atomic E-state index is 14.8. The molecule has 30 nitrogen and oxygen atoms in total. The van der Waals surface area contributed by atoms with Crippen molar-refractivity contribution in [3.8, 4) is 0 Å². The Bertz CT molecular complexity index is 2690. The Labute approximate surface area is 642 Å². The van der Waals surface area contributed by atoms with Crippen LogP contribution in [-0.2, 0) is 76.1 Å². The maximum Gasteiger partial charge on any atom is 0.311 e. The first kappa shape index (κ1) is 93.9. The standard InChI is InChI=1S/C78H142N4O26/c1-27-53-77(19,93)63(85)43(7)57(39(3)35-73(15,91)67(107-71-59(83)51(81(21)22)33-41(5)99-71)45(9)61(47(11)69(89)103-53)105-55-37-75(17,95-25)65(87)49(13)101-55)79-97-31-29-30-32-98-80-58-40(4)36-74(16,92)68(108-72-60(84)52(82(23)24)34-42(6)100-72)46(10)62(106-56-38-76(18,96-26)66(88)50(14)102-56)48(12)70(90)104-54(28-2)78(20,94)64(86)44(58)8/h39-56,59-68,71-72,83-88,91-94H,27-38H2,1-26H3/b79-57+,80-58+/t39-,40+,41-,42+,43+,44-,45-,46-,47+,48+,49+,50-,51+,52-,53-,54+,55?,56?,59-,60+,61+,62-,63-,64+,65+,66-,67-,68+,71?,72?,73-,74+,75-,76+,77-,78+/m0/s1. The number of esters is 2. The van der Waals surface area contributed by atoms with Crippen LogP contribution in [0.3, 0.4) is 0 Å². The summed E-state index contributed by atoms with van der Waals surface area (Å²) in [5.74, 6) is -9.32. The van der Waals surface area contributed by atoms with Crippen LogP contribution in [0.15, 0.2) is 10.3 Å². The zero-order valence-electron chi connectivity index (χ0n) is 69.6. The molecule has 0 aliphatic carbocycles. The summed E-state index contributed by atoms with van der Waals surface area (Å²) in [5, 5.41) is 132. The quantitative estimate of drug-likeness (QED) is 0.0412. The van der Waals surface area contributed by atoms with Gasteiger partial charge in [-0.05, 0) is 163 Å². The van der Waals surface area contributed by atoms with Gasteiger partial charge < -0.3 is 127 Å². The lowest BCUT2D eigenvalue weighted by Crippen LogP contribution is -2.61. The zero-order valence-corrected chi connectivity index (χ0v) is 69.6. The van der Waals surface area contributed by atoms with Gasteiger partial charge in [0.1, 0.15) is 61.0 Å². The SMILES string of the molecule is CC[C@@H]1OC(=O)[C@H](C)[C@H](OC2C[C@](C)(OC)[C@H](O)[C@@H](C)O2)[C@H](C)[C@H](OC2O[C@@H](C)C[C@@H](N(C)C)[C@@H]2O)[C@@](C)(O)C[C@H](C)/C(=N\OCCCCO/N=C2\[C@H](C)C[C@@](C)(O)[C@H](OC3O[C@H](C)C[C@H](N(C)C)[C@H]3O)[C@@H](C)[C@H](OC3C[C@@](C)(OC)[C@@H](O)[C@H](C)O3)[C@@H](C)C(=O)O[C@H](CC)[C@@](C)(O)[C@H](O)[C@H]2C)[C@@H](C)[C@H](O)[C@@]1(C)O. The van der Waals surface area contributed by atoms with Crippen LogP contribution >= 0.6 is 0 Å². The fourth-order valence-corrected chi connectivity index (χ4v) is 17.8. The lowest BCUT2D eigenvalue weighted by Gasteiger charge is -2.49. The predicted molar refractivity (Wildman–Crippen MR) is 399 cm³/mol. The van der Waals surface area contributed by atoms with Crippen LogP contribution < -0.4 is 0 Å². The van der Waals surface area contributed by atoms with Crippen LogP contribution in [0.25, 0.3) is 0 Å². The largest absolute Gasteiger partial charge is 0.459 e. The Kier molecular flexibility index (Phi) is 33.6. The number of methoxy groups -OCH3 is 2. The van der Waals surface area contributed by atoms with Crippen molar-refractivity contribution in [2.45, 2.75) is 371 Å². The van der Waals surface area contributed by atoms with Crippen molar-refractivity contribution in [2.75, 3.05) is 55.6 Å². The number of oxime groups is 2. The third-order valence-corrected chi connectivity index (χ3v) is 24.8. The summed E-state index contributed by atoms with van der Waals surface area (Å²) in [6.07, 6.45) is -20.8. The second kappa shape index (κ2) is 38.6. The molecule has 0 aromatic rings. The highest BCUT2D eigenvalue weighted by molar-refractivity contribution is 5.89. The van der Waals surface area contributed by atoms with E-state index in [2.05, 4.69) is 10.3 Å². The maximum absolute atomic E-state index is 14.8. The number of aliphatic hydroxyl groups excluding tert-OH is 6. The topological polar surface area (TPSA) is 397 Å². The summed E-state index contributed by atoms with van der Waals surface area (Å²) in [6.45, 7) is 33.4. The van der Waals surface area contributed by atoms with E-state index in [0.717, 1.165) is 0 Å². The average molecular weight is 1550 g/mol. The molecule has 0 spiro atoms. The number of rotatable bonds is 21. The third kappa shape index (κ3) is 21.7. The average Bonchev–Trinajstić information content (AvgIpc) is 0.770. The molecule has 4 unspecified atom stereocenters. The molecular weight excluding hydrogens is 1410 g/mol. The van der Waals surface area contributed by atoms with Crippen molar-refractivity contribution in [3.63, 3.8) is 0 Å². The molecule has 6 aliphatic heterocycles. The van der Waals surface area contributed by atoms with Crippen molar-refractivity contribution in [2.24, 2.45) is 57.7 Å². The Morgan fingerprint density at radius 2 is 0.787 bits per heavy atom. The molecule has 6 fully saturated rings. The molecule has 0 aromatic carbocycles. The highest BCUT2D eigenvalue weighted by atomic mass is 16.7. The van der Waals surface area contributed by atoms with Gasteiger partial charge in [0, 0.05) is 74.7 Å². The van der Waals surface area contributed by atoms with Gasteiger partial charge >= 0.3 is 11.9 Å². The molecule has 0 radical (unpaired) electrons. The number of carbonyl (C=O) groups excluding carboxylic acids is 2. The van der Waals surface area contributed by atoms with Gasteiger partial charge in [-0.15, -0.1) is 0 Å². The van der Waals surface area contributed by atoms with Crippen molar-refractivity contribution in [1.82, 2.24) is 9.80 Å². The molecule has 630 valence electrons. The van der Waals surface area contributed by atoms with Gasteiger partial charge in [-0.1, -0.05) is 65.7 Å². The van der Waals surface area contributed by atoms with E-state index in [-0.39, 0.29) is 75.4 Å². The first-order valence-electron chi connectivity index (χ1n) is 39.5. The Hall–Kier alpha value is -3.00. The number of likely N-dealkylation sites (N-methyl/N-ethyl adjacent to an activating group) is 2. The number of hydrogen-bond donors (Lipinski definition) is 10. The van der Waals surface area contributed by atoms with Gasteiger partial charge in [0.05, 0.1) is 107 Å². The summed E-state index contributed by atoms with van der Waals surface area (Å²) in [5.41, 5.74) is -9.80. The zero-order chi connectivity index (χ0) is 81.6. The van der Waals surface area contributed by atoms with E-state index in [1.54, 1.807) is 111 Å². The molecule has 0 saturated carbocycles. The van der Waals surface area contributed by atoms with E-state index in [9.17, 15) is 60.7 Å². The summed E-state index contributed by atoms with van der Waals surface area (Å²) in [4.78, 5) is 45.6. The van der Waals surface area contributed by atoms with Crippen LogP contribution in [0, 0.1) is 47.3 Å². The van der Waals surface area contributed by atoms with E-state index in [1.807, 2.05) is 51.8 Å². The van der Waals surface area contributed by atoms with E-state index < -0.39 is 216 Å². The molecular formula is C78H142N4O26. The number of aliphatic hydroxyl groups is 10. The summed E-state index contributed by atoms with van der Waals surface area (Å²) >= 11 is 0. The number of nitrogens with zero attached hydrogens (tertiary/aromatic N) is 4. The third-order valence-electron chi connectivity index (χ3n) is 24.8. The fourth-order valence-electron chi connectivity index (χ4n) is 17.8. The Morgan fingerprint density at radius 3 is 1.08 bits per heavy atom.